The number of hydrogen-bond acceptors (Lipinski definition) is 8. The van der Waals surface area contributed by atoms with Crippen LogP contribution in [0, 0.1) is 6.92 Å². The van der Waals surface area contributed by atoms with Crippen LogP contribution in [0.15, 0.2) is 35.1 Å². The number of aromatic nitrogens is 3. The van der Waals surface area contributed by atoms with Crippen LogP contribution < -0.4 is 5.32 Å². The minimum absolute atomic E-state index is 0.00741. The Morgan fingerprint density at radius 2 is 2.17 bits per heavy atom. The number of amides is 1. The second kappa shape index (κ2) is 8.03. The summed E-state index contributed by atoms with van der Waals surface area (Å²) in [6.45, 7) is 1.87. The van der Waals surface area contributed by atoms with Crippen LogP contribution in [-0.2, 0) is 22.7 Å². The van der Waals surface area contributed by atoms with Crippen molar-refractivity contribution in [1.29, 1.82) is 0 Å². The van der Waals surface area contributed by atoms with E-state index in [0.717, 1.165) is 27.7 Å². The molecule has 10 heteroatoms. The number of hydrogen-bond donors (Lipinski definition) is 1. The molecule has 1 atom stereocenters. The summed E-state index contributed by atoms with van der Waals surface area (Å²) in [5.41, 5.74) is 2.45. The van der Waals surface area contributed by atoms with E-state index < -0.39 is 9.84 Å². The molecule has 0 spiro atoms. The Hall–Kier alpha value is -2.59. The Morgan fingerprint density at radius 1 is 1.31 bits per heavy atom. The van der Waals surface area contributed by atoms with Crippen LogP contribution in [-0.4, -0.2) is 47.0 Å². The lowest BCUT2D eigenvalue weighted by Gasteiger charge is -2.08. The first-order valence-electron chi connectivity index (χ1n) is 9.24. The molecule has 1 aliphatic heterocycles. The van der Waals surface area contributed by atoms with Gasteiger partial charge in [0.2, 0.25) is 0 Å². The zero-order valence-electron chi connectivity index (χ0n) is 15.8. The second-order valence-electron chi connectivity index (χ2n) is 6.97. The normalized spacial score (nSPS) is 18.0. The van der Waals surface area contributed by atoms with Gasteiger partial charge in [0.1, 0.15) is 16.3 Å². The number of carbonyl (C=O) groups is 1. The molecule has 0 radical (unpaired) electrons. The molecule has 1 fully saturated rings. The molecular weight excluding hydrogens is 412 g/mol. The van der Waals surface area contributed by atoms with Gasteiger partial charge >= 0.3 is 0 Å². The summed E-state index contributed by atoms with van der Waals surface area (Å²) in [5.74, 6) is 0.601. The van der Waals surface area contributed by atoms with Crippen molar-refractivity contribution in [3.63, 3.8) is 0 Å². The third-order valence-corrected chi connectivity index (χ3v) is 7.65. The van der Waals surface area contributed by atoms with Crippen LogP contribution in [0.2, 0.25) is 0 Å². The fraction of sp³-hybridized carbons (Fsp3) is 0.368. The Kier molecular flexibility index (Phi) is 5.46. The molecule has 0 saturated carbocycles. The molecule has 8 nitrogen and oxygen atoms in total. The topological polar surface area (TPSA) is 115 Å². The number of rotatable bonds is 6. The summed E-state index contributed by atoms with van der Waals surface area (Å²) in [6, 6.07) is 5.31. The van der Waals surface area contributed by atoms with Gasteiger partial charge in [0, 0.05) is 24.2 Å². The van der Waals surface area contributed by atoms with E-state index >= 15 is 0 Å². The van der Waals surface area contributed by atoms with Gasteiger partial charge in [-0.3, -0.25) is 9.78 Å². The largest absolute Gasteiger partial charge is 0.361 e. The summed E-state index contributed by atoms with van der Waals surface area (Å²) in [5, 5.41) is 7.75. The van der Waals surface area contributed by atoms with Crippen LogP contribution in [0.4, 0.5) is 0 Å². The minimum atomic E-state index is -3.03. The molecule has 152 valence electrons. The van der Waals surface area contributed by atoms with E-state index in [0.29, 0.717) is 24.1 Å². The first-order valence-corrected chi connectivity index (χ1v) is 11.9. The van der Waals surface area contributed by atoms with Crippen molar-refractivity contribution in [2.24, 2.45) is 0 Å². The van der Waals surface area contributed by atoms with Crippen molar-refractivity contribution in [3.05, 3.63) is 51.8 Å². The second-order valence-corrected chi connectivity index (χ2v) is 10.3. The average Bonchev–Trinajstić information content (AvgIpc) is 3.40. The van der Waals surface area contributed by atoms with Gasteiger partial charge in [-0.25, -0.2) is 13.4 Å². The molecule has 4 heterocycles. The molecule has 1 unspecified atom stereocenters. The van der Waals surface area contributed by atoms with E-state index in [9.17, 15) is 13.2 Å². The molecule has 29 heavy (non-hydrogen) atoms. The predicted molar refractivity (Wildman–Crippen MR) is 109 cm³/mol. The predicted octanol–water partition coefficient (Wildman–Crippen LogP) is 2.20. The number of pyridine rings is 1. The van der Waals surface area contributed by atoms with Gasteiger partial charge in [-0.05, 0) is 31.9 Å². The lowest BCUT2D eigenvalue weighted by Crippen LogP contribution is -2.35. The molecule has 4 rings (SSSR count). The van der Waals surface area contributed by atoms with Crippen molar-refractivity contribution < 1.29 is 17.7 Å². The van der Waals surface area contributed by atoms with Crippen molar-refractivity contribution >= 4 is 27.1 Å². The van der Waals surface area contributed by atoms with Gasteiger partial charge < -0.3 is 9.84 Å². The molecule has 0 aliphatic carbocycles. The van der Waals surface area contributed by atoms with Crippen LogP contribution in [0.1, 0.15) is 32.4 Å². The zero-order valence-corrected chi connectivity index (χ0v) is 17.4. The first-order chi connectivity index (χ1) is 13.9. The number of carbonyl (C=O) groups excluding carboxylic acids is 1. The number of aryl methyl sites for hydroxylation is 2. The van der Waals surface area contributed by atoms with Crippen molar-refractivity contribution in [2.45, 2.75) is 32.2 Å². The fourth-order valence-electron chi connectivity index (χ4n) is 3.32. The fourth-order valence-corrected chi connectivity index (χ4v) is 5.81. The van der Waals surface area contributed by atoms with Gasteiger partial charge in [0.05, 0.1) is 28.4 Å². The summed E-state index contributed by atoms with van der Waals surface area (Å²) in [7, 11) is -3.03. The summed E-state index contributed by atoms with van der Waals surface area (Å²) < 4.78 is 28.4. The van der Waals surface area contributed by atoms with Crippen molar-refractivity contribution in [3.8, 4) is 11.4 Å². The van der Waals surface area contributed by atoms with Crippen molar-refractivity contribution in [2.75, 3.05) is 11.5 Å². The minimum Gasteiger partial charge on any atom is -0.361 e. The lowest BCUT2D eigenvalue weighted by atomic mass is 10.1. The van der Waals surface area contributed by atoms with E-state index in [1.54, 1.807) is 12.4 Å². The van der Waals surface area contributed by atoms with Gasteiger partial charge in [-0.2, -0.15) is 0 Å². The van der Waals surface area contributed by atoms with Crippen LogP contribution in [0.5, 0.6) is 0 Å². The Balaban J connectivity index is 1.40. The SMILES string of the molecule is Cc1onc(-c2ccccn2)c1CCc1ncc(C(=O)NC2CCS(=O)(=O)C2)s1. The smallest absolute Gasteiger partial charge is 0.263 e. The quantitative estimate of drug-likeness (QED) is 0.635. The summed E-state index contributed by atoms with van der Waals surface area (Å²) in [6.07, 6.45) is 5.01. The average molecular weight is 433 g/mol. The Morgan fingerprint density at radius 3 is 2.90 bits per heavy atom. The third kappa shape index (κ3) is 4.54. The molecule has 0 aromatic carbocycles. The van der Waals surface area contributed by atoms with Gasteiger partial charge in [0.25, 0.3) is 5.91 Å². The van der Waals surface area contributed by atoms with Crippen LogP contribution in [0.3, 0.4) is 0 Å². The van der Waals surface area contributed by atoms with Gasteiger partial charge in [0.15, 0.2) is 9.84 Å². The molecule has 1 amide bonds. The molecule has 1 saturated heterocycles. The van der Waals surface area contributed by atoms with Crippen LogP contribution >= 0.6 is 11.3 Å². The maximum absolute atomic E-state index is 12.4. The Bertz CT molecular complexity index is 1120. The molecule has 1 aliphatic rings. The molecular formula is C19H20N4O4S2. The van der Waals surface area contributed by atoms with E-state index in [1.165, 1.54) is 11.3 Å². The number of nitrogens with one attached hydrogen (secondary N) is 1. The highest BCUT2D eigenvalue weighted by Gasteiger charge is 2.29. The Labute approximate surface area is 172 Å². The molecule has 1 N–H and O–H groups in total. The molecule has 3 aromatic rings. The monoisotopic (exact) mass is 432 g/mol. The van der Waals surface area contributed by atoms with E-state index in [2.05, 4.69) is 20.4 Å². The molecule has 0 bridgehead atoms. The first kappa shape index (κ1) is 19.7. The lowest BCUT2D eigenvalue weighted by molar-refractivity contribution is 0.0945. The van der Waals surface area contributed by atoms with Gasteiger partial charge in [-0.1, -0.05) is 11.2 Å². The van der Waals surface area contributed by atoms with E-state index in [1.807, 2.05) is 25.1 Å². The zero-order chi connectivity index (χ0) is 20.4. The van der Waals surface area contributed by atoms with Gasteiger partial charge in [-0.15, -0.1) is 11.3 Å². The highest BCUT2D eigenvalue weighted by atomic mass is 32.2. The highest BCUT2D eigenvalue weighted by molar-refractivity contribution is 7.91. The number of nitrogens with zero attached hydrogens (tertiary/aromatic N) is 3. The van der Waals surface area contributed by atoms with E-state index in [-0.39, 0.29) is 23.5 Å². The highest BCUT2D eigenvalue weighted by Crippen LogP contribution is 2.25. The van der Waals surface area contributed by atoms with E-state index in [4.69, 9.17) is 4.52 Å². The van der Waals surface area contributed by atoms with Crippen molar-refractivity contribution in [1.82, 2.24) is 20.4 Å². The molecule has 3 aromatic heterocycles. The maximum atomic E-state index is 12.4. The summed E-state index contributed by atoms with van der Waals surface area (Å²) >= 11 is 1.31. The number of sulfone groups is 1. The van der Waals surface area contributed by atoms with Crippen LogP contribution in [0.25, 0.3) is 11.4 Å². The number of thiazole rings is 1. The summed E-state index contributed by atoms with van der Waals surface area (Å²) in [4.78, 5) is 21.5. The maximum Gasteiger partial charge on any atom is 0.263 e. The standard InChI is InChI=1S/C19H20N4O4S2/c1-12-14(18(23-27-12)15-4-2-3-8-20-15)5-6-17-21-10-16(28-17)19(24)22-13-7-9-29(25,26)11-13/h2-4,8,10,13H,5-7,9,11H2,1H3,(H,22,24). The third-order valence-electron chi connectivity index (χ3n) is 4.83.